The lowest BCUT2D eigenvalue weighted by Crippen LogP contribution is -2.39. The second kappa shape index (κ2) is 6.52. The van der Waals surface area contributed by atoms with Crippen molar-refractivity contribution in [3.8, 4) is 0 Å². The molecule has 25 heavy (non-hydrogen) atoms. The Morgan fingerprint density at radius 2 is 2.00 bits per heavy atom. The third kappa shape index (κ3) is 3.02. The van der Waals surface area contributed by atoms with Crippen LogP contribution in [0.15, 0.2) is 30.6 Å². The number of Topliss-reactive ketones (excluding diaryl/α,β-unsaturated/α-hetero) is 1. The first-order valence-corrected chi connectivity index (χ1v) is 9.03. The predicted molar refractivity (Wildman–Crippen MR) is 94.7 cm³/mol. The summed E-state index contributed by atoms with van der Waals surface area (Å²) in [5.41, 5.74) is 2.36. The van der Waals surface area contributed by atoms with E-state index in [4.69, 9.17) is 0 Å². The molecule has 0 radical (unpaired) electrons. The maximum atomic E-state index is 12.7. The van der Waals surface area contributed by atoms with Crippen LogP contribution in [0, 0.1) is 0 Å². The molecule has 1 fully saturated rings. The minimum absolute atomic E-state index is 0.000665. The van der Waals surface area contributed by atoms with Crippen LogP contribution in [0.4, 0.5) is 0 Å². The molecule has 1 atom stereocenters. The molecule has 132 valence electrons. The molecular formula is C19H24N4O2. The smallest absolute Gasteiger partial charge is 0.270 e. The molecule has 4 rings (SSSR count). The van der Waals surface area contributed by atoms with Gasteiger partial charge >= 0.3 is 0 Å². The van der Waals surface area contributed by atoms with Crippen LogP contribution >= 0.6 is 0 Å². The van der Waals surface area contributed by atoms with E-state index in [1.165, 1.54) is 5.69 Å². The van der Waals surface area contributed by atoms with Crippen molar-refractivity contribution >= 4 is 11.7 Å². The van der Waals surface area contributed by atoms with Gasteiger partial charge in [-0.25, -0.2) is 0 Å². The van der Waals surface area contributed by atoms with Crippen molar-refractivity contribution in [3.63, 3.8) is 0 Å². The Balaban J connectivity index is 1.43. The number of aromatic nitrogens is 2. The monoisotopic (exact) mass is 340 g/mol. The Bertz CT molecular complexity index is 785. The summed E-state index contributed by atoms with van der Waals surface area (Å²) < 4.78 is 2.24. The van der Waals surface area contributed by atoms with Gasteiger partial charge in [0.05, 0.1) is 6.54 Å². The first kappa shape index (κ1) is 16.1. The van der Waals surface area contributed by atoms with Gasteiger partial charge in [0.25, 0.3) is 5.91 Å². The van der Waals surface area contributed by atoms with Gasteiger partial charge in [0.15, 0.2) is 5.78 Å². The second-order valence-electron chi connectivity index (χ2n) is 7.00. The molecule has 0 saturated carbocycles. The van der Waals surface area contributed by atoms with Crippen LogP contribution in [0.25, 0.3) is 0 Å². The number of likely N-dealkylation sites (tertiary alicyclic amines) is 1. The number of nitrogens with one attached hydrogen (secondary N) is 1. The van der Waals surface area contributed by atoms with E-state index in [9.17, 15) is 9.59 Å². The Hall–Kier alpha value is -2.34. The number of nitrogens with zero attached hydrogens (tertiary/aromatic N) is 3. The minimum Gasteiger partial charge on any atom is -0.356 e. The highest BCUT2D eigenvalue weighted by Crippen LogP contribution is 2.25. The van der Waals surface area contributed by atoms with Crippen LogP contribution in [0.5, 0.6) is 0 Å². The van der Waals surface area contributed by atoms with Gasteiger partial charge in [-0.2, -0.15) is 0 Å². The molecule has 0 spiro atoms. The van der Waals surface area contributed by atoms with Crippen molar-refractivity contribution < 1.29 is 9.59 Å². The number of rotatable bonds is 4. The lowest BCUT2D eigenvalue weighted by Gasteiger charge is -2.34. The first-order valence-electron chi connectivity index (χ1n) is 9.03. The quantitative estimate of drug-likeness (QED) is 0.869. The molecule has 4 heterocycles. The molecule has 6 nitrogen and oxygen atoms in total. The standard InChI is InChI=1S/C19H24N4O2/c1-14-17-5-4-8-21(17)9-10-23(14)13-18(24)15-11-16(20-12-15)19(25)22-6-2-3-7-22/h4-5,8,11-12,14,20H,2-3,6-7,9-10,13H2,1H3. The normalized spacial score (nSPS) is 20.7. The molecule has 1 unspecified atom stereocenters. The third-order valence-electron chi connectivity index (χ3n) is 5.44. The zero-order chi connectivity index (χ0) is 17.4. The zero-order valence-corrected chi connectivity index (χ0v) is 14.6. The van der Waals surface area contributed by atoms with Gasteiger partial charge in [-0.3, -0.25) is 14.5 Å². The molecule has 1 N–H and O–H groups in total. The highest BCUT2D eigenvalue weighted by atomic mass is 16.2. The summed E-state index contributed by atoms with van der Waals surface area (Å²) in [4.78, 5) is 32.1. The van der Waals surface area contributed by atoms with E-state index >= 15 is 0 Å². The van der Waals surface area contributed by atoms with Crippen molar-refractivity contribution in [1.29, 1.82) is 0 Å². The van der Waals surface area contributed by atoms with E-state index in [0.717, 1.165) is 39.0 Å². The van der Waals surface area contributed by atoms with Gasteiger partial charge in [0.1, 0.15) is 5.69 Å². The summed E-state index contributed by atoms with van der Waals surface area (Å²) in [6.45, 7) is 5.90. The molecule has 2 aliphatic heterocycles. The van der Waals surface area contributed by atoms with Crippen molar-refractivity contribution in [2.45, 2.75) is 32.4 Å². The lowest BCUT2D eigenvalue weighted by molar-refractivity contribution is 0.0787. The summed E-state index contributed by atoms with van der Waals surface area (Å²) in [7, 11) is 0. The van der Waals surface area contributed by atoms with Crippen LogP contribution in [0.3, 0.4) is 0 Å². The average molecular weight is 340 g/mol. The minimum atomic E-state index is 0.000665. The van der Waals surface area contributed by atoms with Gasteiger partial charge in [-0.15, -0.1) is 0 Å². The number of hydrogen-bond acceptors (Lipinski definition) is 3. The molecule has 0 aliphatic carbocycles. The molecule has 1 amide bonds. The Labute approximate surface area is 147 Å². The van der Waals surface area contributed by atoms with Crippen molar-refractivity contribution in [2.24, 2.45) is 0 Å². The van der Waals surface area contributed by atoms with Crippen LogP contribution < -0.4 is 0 Å². The van der Waals surface area contributed by atoms with Gasteiger partial charge in [-0.05, 0) is 38.0 Å². The third-order valence-corrected chi connectivity index (χ3v) is 5.44. The molecule has 0 aromatic carbocycles. The summed E-state index contributed by atoms with van der Waals surface area (Å²) in [6.07, 6.45) is 5.88. The van der Waals surface area contributed by atoms with Gasteiger partial charge in [0.2, 0.25) is 0 Å². The molecule has 0 bridgehead atoms. The Morgan fingerprint density at radius 3 is 2.80 bits per heavy atom. The Kier molecular flexibility index (Phi) is 4.21. The highest BCUT2D eigenvalue weighted by Gasteiger charge is 2.26. The number of amides is 1. The molecule has 2 aliphatic rings. The van der Waals surface area contributed by atoms with E-state index in [1.807, 2.05) is 4.90 Å². The highest BCUT2D eigenvalue weighted by molar-refractivity contribution is 6.01. The number of hydrogen-bond donors (Lipinski definition) is 1. The number of H-pyrrole nitrogens is 1. The largest absolute Gasteiger partial charge is 0.356 e. The molecule has 1 saturated heterocycles. The van der Waals surface area contributed by atoms with Gasteiger partial charge in [-0.1, -0.05) is 0 Å². The maximum absolute atomic E-state index is 12.7. The lowest BCUT2D eigenvalue weighted by atomic mass is 10.1. The van der Waals surface area contributed by atoms with Crippen molar-refractivity contribution in [1.82, 2.24) is 19.4 Å². The summed E-state index contributed by atoms with van der Waals surface area (Å²) in [6, 6.07) is 6.10. The first-order chi connectivity index (χ1) is 12.1. The van der Waals surface area contributed by atoms with Gasteiger partial charge < -0.3 is 14.5 Å². The van der Waals surface area contributed by atoms with Crippen molar-refractivity contribution in [3.05, 3.63) is 47.5 Å². The van der Waals surface area contributed by atoms with Crippen molar-refractivity contribution in [2.75, 3.05) is 26.2 Å². The van der Waals surface area contributed by atoms with Crippen LogP contribution in [0.1, 0.15) is 52.3 Å². The van der Waals surface area contributed by atoms with Gasteiger partial charge in [0, 0.05) is 55.9 Å². The topological polar surface area (TPSA) is 61.3 Å². The van der Waals surface area contributed by atoms with E-state index < -0.39 is 0 Å². The summed E-state index contributed by atoms with van der Waals surface area (Å²) in [5.74, 6) is 0.0595. The number of ketones is 1. The fourth-order valence-electron chi connectivity index (χ4n) is 3.89. The van der Waals surface area contributed by atoms with Crippen LogP contribution in [0.2, 0.25) is 0 Å². The summed E-state index contributed by atoms with van der Waals surface area (Å²) in [5, 5.41) is 0. The second-order valence-corrected chi connectivity index (χ2v) is 7.00. The summed E-state index contributed by atoms with van der Waals surface area (Å²) >= 11 is 0. The predicted octanol–water partition coefficient (Wildman–Crippen LogP) is 2.31. The maximum Gasteiger partial charge on any atom is 0.270 e. The number of carbonyl (C=O) groups excluding carboxylic acids is 2. The fourth-order valence-corrected chi connectivity index (χ4v) is 3.89. The fraction of sp³-hybridized carbons (Fsp3) is 0.474. The number of fused-ring (bicyclic) bond motifs is 1. The zero-order valence-electron chi connectivity index (χ0n) is 14.6. The molecule has 2 aromatic heterocycles. The Morgan fingerprint density at radius 1 is 1.20 bits per heavy atom. The SMILES string of the molecule is CC1c2cccn2CCN1CC(=O)c1c[nH]c(C(=O)N2CCCC2)c1. The number of aromatic amines is 1. The molecule has 6 heteroatoms. The van der Waals surface area contributed by atoms with E-state index in [-0.39, 0.29) is 17.7 Å². The molecular weight excluding hydrogens is 316 g/mol. The number of carbonyl (C=O) groups is 2. The van der Waals surface area contributed by atoms with Crippen LogP contribution in [-0.2, 0) is 6.54 Å². The average Bonchev–Trinajstić information content (AvgIpc) is 3.37. The molecule has 2 aromatic rings. The van der Waals surface area contributed by atoms with E-state index in [1.54, 1.807) is 12.3 Å². The van der Waals surface area contributed by atoms with Crippen LogP contribution in [-0.4, -0.2) is 57.2 Å². The van der Waals surface area contributed by atoms with E-state index in [0.29, 0.717) is 17.8 Å². The van der Waals surface area contributed by atoms with E-state index in [2.05, 4.69) is 39.7 Å².